The van der Waals surface area contributed by atoms with E-state index in [1.807, 2.05) is 30.1 Å². The predicted octanol–water partition coefficient (Wildman–Crippen LogP) is 2.47. The maximum Gasteiger partial charge on any atom is 0.128 e. The molecule has 4 heteroatoms. The quantitative estimate of drug-likeness (QED) is 0.821. The molecule has 0 unspecified atom stereocenters. The normalized spacial score (nSPS) is 9.68. The molecule has 19 heavy (non-hydrogen) atoms. The highest BCUT2D eigenvalue weighted by atomic mass is 16.5. The Kier molecular flexibility index (Phi) is 4.35. The zero-order valence-corrected chi connectivity index (χ0v) is 10.8. The third-order valence-corrected chi connectivity index (χ3v) is 2.72. The summed E-state index contributed by atoms with van der Waals surface area (Å²) in [5.74, 6) is 1.69. The van der Waals surface area contributed by atoms with Gasteiger partial charge in [-0.2, -0.15) is 5.26 Å². The van der Waals surface area contributed by atoms with E-state index in [0.717, 1.165) is 18.1 Å². The molecular formula is C15H15N3O. The van der Waals surface area contributed by atoms with Gasteiger partial charge in [-0.05, 0) is 36.4 Å². The van der Waals surface area contributed by atoms with Crippen molar-refractivity contribution in [3.8, 4) is 11.8 Å². The Labute approximate surface area is 112 Å². The first kappa shape index (κ1) is 12.9. The van der Waals surface area contributed by atoms with E-state index in [9.17, 15) is 0 Å². The molecule has 1 aromatic heterocycles. The standard InChI is InChI=1S/C15H15N3O/c1-18(15-4-2-3-9-17-15)10-11-19-14-7-5-13(12-16)6-8-14/h2-9H,10-11H2,1H3. The minimum atomic E-state index is 0.568. The molecule has 0 spiro atoms. The third kappa shape index (κ3) is 3.71. The van der Waals surface area contributed by atoms with Crippen LogP contribution in [0.1, 0.15) is 5.56 Å². The van der Waals surface area contributed by atoms with Gasteiger partial charge in [0.2, 0.25) is 0 Å². The Bertz CT molecular complexity index is 546. The highest BCUT2D eigenvalue weighted by Crippen LogP contribution is 2.12. The van der Waals surface area contributed by atoms with E-state index in [4.69, 9.17) is 10.00 Å². The summed E-state index contributed by atoms with van der Waals surface area (Å²) >= 11 is 0. The number of likely N-dealkylation sites (N-methyl/N-ethyl adjacent to an activating group) is 1. The fourth-order valence-electron chi connectivity index (χ4n) is 1.62. The van der Waals surface area contributed by atoms with Gasteiger partial charge in [0, 0.05) is 13.2 Å². The van der Waals surface area contributed by atoms with E-state index < -0.39 is 0 Å². The number of ether oxygens (including phenoxy) is 1. The lowest BCUT2D eigenvalue weighted by molar-refractivity contribution is 0.325. The van der Waals surface area contributed by atoms with E-state index in [0.29, 0.717) is 12.2 Å². The van der Waals surface area contributed by atoms with Crippen LogP contribution in [0.5, 0.6) is 5.75 Å². The number of pyridine rings is 1. The number of hydrogen-bond acceptors (Lipinski definition) is 4. The van der Waals surface area contributed by atoms with Crippen LogP contribution in [0.4, 0.5) is 5.82 Å². The second kappa shape index (κ2) is 6.41. The first-order valence-electron chi connectivity index (χ1n) is 6.05. The van der Waals surface area contributed by atoms with Crippen LogP contribution in [0.2, 0.25) is 0 Å². The van der Waals surface area contributed by atoms with E-state index in [-0.39, 0.29) is 0 Å². The molecular weight excluding hydrogens is 238 g/mol. The summed E-state index contributed by atoms with van der Waals surface area (Å²) in [6.45, 7) is 1.32. The fraction of sp³-hybridized carbons (Fsp3) is 0.200. The first-order valence-corrected chi connectivity index (χ1v) is 6.05. The number of hydrogen-bond donors (Lipinski definition) is 0. The minimum absolute atomic E-state index is 0.568. The van der Waals surface area contributed by atoms with Crippen LogP contribution in [-0.4, -0.2) is 25.2 Å². The van der Waals surface area contributed by atoms with Gasteiger partial charge in [0.1, 0.15) is 18.2 Å². The van der Waals surface area contributed by atoms with E-state index >= 15 is 0 Å². The van der Waals surface area contributed by atoms with Gasteiger partial charge in [-0.25, -0.2) is 4.98 Å². The summed E-state index contributed by atoms with van der Waals surface area (Å²) in [5, 5.41) is 8.70. The summed E-state index contributed by atoms with van der Waals surface area (Å²) in [4.78, 5) is 6.29. The molecule has 0 bridgehead atoms. The van der Waals surface area contributed by atoms with Crippen LogP contribution < -0.4 is 9.64 Å². The Morgan fingerprint density at radius 1 is 1.21 bits per heavy atom. The monoisotopic (exact) mass is 253 g/mol. The van der Waals surface area contributed by atoms with Gasteiger partial charge >= 0.3 is 0 Å². The molecule has 0 amide bonds. The summed E-state index contributed by atoms with van der Waals surface area (Å²) in [6, 6.07) is 15.0. The van der Waals surface area contributed by atoms with Gasteiger partial charge in [0.25, 0.3) is 0 Å². The van der Waals surface area contributed by atoms with Gasteiger partial charge in [-0.1, -0.05) is 6.07 Å². The molecule has 1 aromatic carbocycles. The number of nitriles is 1. The maximum absolute atomic E-state index is 8.70. The smallest absolute Gasteiger partial charge is 0.128 e. The van der Waals surface area contributed by atoms with E-state index in [2.05, 4.69) is 11.1 Å². The summed E-state index contributed by atoms with van der Waals surface area (Å²) in [7, 11) is 1.98. The Hall–Kier alpha value is -2.54. The van der Waals surface area contributed by atoms with Gasteiger partial charge in [0.05, 0.1) is 18.2 Å². The largest absolute Gasteiger partial charge is 0.492 e. The number of anilines is 1. The van der Waals surface area contributed by atoms with E-state index in [1.54, 1.807) is 30.5 Å². The zero-order chi connectivity index (χ0) is 13.5. The molecule has 0 atom stereocenters. The summed E-state index contributed by atoms with van der Waals surface area (Å²) in [5.41, 5.74) is 0.637. The molecule has 0 fully saturated rings. The zero-order valence-electron chi connectivity index (χ0n) is 10.8. The lowest BCUT2D eigenvalue weighted by atomic mass is 10.2. The van der Waals surface area contributed by atoms with Crippen molar-refractivity contribution in [2.75, 3.05) is 25.1 Å². The van der Waals surface area contributed by atoms with Crippen molar-refractivity contribution in [2.45, 2.75) is 0 Å². The number of rotatable bonds is 5. The molecule has 0 aliphatic carbocycles. The minimum Gasteiger partial charge on any atom is -0.492 e. The molecule has 0 aliphatic heterocycles. The van der Waals surface area contributed by atoms with Crippen molar-refractivity contribution in [2.24, 2.45) is 0 Å². The Morgan fingerprint density at radius 3 is 2.63 bits per heavy atom. The molecule has 0 radical (unpaired) electrons. The van der Waals surface area contributed by atoms with Gasteiger partial charge < -0.3 is 9.64 Å². The molecule has 96 valence electrons. The maximum atomic E-state index is 8.70. The molecule has 0 saturated carbocycles. The molecule has 0 saturated heterocycles. The van der Waals surface area contributed by atoms with Crippen LogP contribution in [-0.2, 0) is 0 Å². The average Bonchev–Trinajstić information content (AvgIpc) is 2.49. The number of nitrogens with zero attached hydrogens (tertiary/aromatic N) is 3. The van der Waals surface area contributed by atoms with Crippen LogP contribution >= 0.6 is 0 Å². The lowest BCUT2D eigenvalue weighted by Crippen LogP contribution is -2.24. The SMILES string of the molecule is CN(CCOc1ccc(C#N)cc1)c1ccccn1. The van der Waals surface area contributed by atoms with Crippen molar-refractivity contribution in [3.05, 3.63) is 54.2 Å². The fourth-order valence-corrected chi connectivity index (χ4v) is 1.62. The lowest BCUT2D eigenvalue weighted by Gasteiger charge is -2.18. The van der Waals surface area contributed by atoms with Gasteiger partial charge in [-0.3, -0.25) is 0 Å². The summed E-state index contributed by atoms with van der Waals surface area (Å²) in [6.07, 6.45) is 1.77. The predicted molar refractivity (Wildman–Crippen MR) is 74.2 cm³/mol. The second-order valence-electron chi connectivity index (χ2n) is 4.09. The van der Waals surface area contributed by atoms with Crippen LogP contribution in [0.3, 0.4) is 0 Å². The molecule has 1 heterocycles. The number of benzene rings is 1. The molecule has 0 aliphatic rings. The molecule has 4 nitrogen and oxygen atoms in total. The van der Waals surface area contributed by atoms with Crippen molar-refractivity contribution in [1.82, 2.24) is 4.98 Å². The van der Waals surface area contributed by atoms with Crippen LogP contribution in [0.25, 0.3) is 0 Å². The Morgan fingerprint density at radius 2 is 2.00 bits per heavy atom. The molecule has 0 N–H and O–H groups in total. The topological polar surface area (TPSA) is 49.1 Å². The van der Waals surface area contributed by atoms with Gasteiger partial charge in [0.15, 0.2) is 0 Å². The van der Waals surface area contributed by atoms with Crippen molar-refractivity contribution in [1.29, 1.82) is 5.26 Å². The van der Waals surface area contributed by atoms with Gasteiger partial charge in [-0.15, -0.1) is 0 Å². The summed E-state index contributed by atoms with van der Waals surface area (Å²) < 4.78 is 5.62. The number of aromatic nitrogens is 1. The highest BCUT2D eigenvalue weighted by Gasteiger charge is 2.01. The highest BCUT2D eigenvalue weighted by molar-refractivity contribution is 5.36. The van der Waals surface area contributed by atoms with E-state index in [1.165, 1.54) is 0 Å². The van der Waals surface area contributed by atoms with Crippen LogP contribution in [0, 0.1) is 11.3 Å². The molecule has 2 rings (SSSR count). The second-order valence-corrected chi connectivity index (χ2v) is 4.09. The van der Waals surface area contributed by atoms with Crippen LogP contribution in [0.15, 0.2) is 48.7 Å². The van der Waals surface area contributed by atoms with Crippen molar-refractivity contribution in [3.63, 3.8) is 0 Å². The third-order valence-electron chi connectivity index (χ3n) is 2.72. The first-order chi connectivity index (χ1) is 9.29. The Balaban J connectivity index is 1.81. The molecule has 2 aromatic rings. The van der Waals surface area contributed by atoms with Crippen molar-refractivity contribution < 1.29 is 4.74 Å². The average molecular weight is 253 g/mol. The van der Waals surface area contributed by atoms with Crippen molar-refractivity contribution >= 4 is 5.82 Å².